The molecule has 2 aromatic carbocycles. The minimum absolute atomic E-state index is 0.0415. The van der Waals surface area contributed by atoms with Crippen molar-refractivity contribution in [2.24, 2.45) is 5.73 Å². The third-order valence-electron chi connectivity index (χ3n) is 3.12. The highest BCUT2D eigenvalue weighted by atomic mass is 32.2. The Kier molecular flexibility index (Phi) is 4.42. The highest BCUT2D eigenvalue weighted by molar-refractivity contribution is 7.89. The Balaban J connectivity index is 2.37. The smallest absolute Gasteiger partial charge is 0.241 e. The maximum Gasteiger partial charge on any atom is 0.241 e. The highest BCUT2D eigenvalue weighted by Gasteiger charge is 2.20. The minimum atomic E-state index is -3.54. The molecule has 2 aromatic rings. The van der Waals surface area contributed by atoms with E-state index in [2.05, 4.69) is 4.72 Å². The third kappa shape index (κ3) is 3.36. The molecule has 0 amide bonds. The summed E-state index contributed by atoms with van der Waals surface area (Å²) in [5.74, 6) is 0. The molecule has 3 N–H and O–H groups in total. The fourth-order valence-electron chi connectivity index (χ4n) is 2.36. The second kappa shape index (κ2) is 5.91. The molecule has 2 atom stereocenters. The van der Waals surface area contributed by atoms with Gasteiger partial charge < -0.3 is 5.73 Å². The van der Waals surface area contributed by atoms with E-state index >= 15 is 0 Å². The second-order valence-corrected chi connectivity index (χ2v) is 6.90. The first-order chi connectivity index (χ1) is 9.40. The van der Waals surface area contributed by atoms with Gasteiger partial charge in [0.1, 0.15) is 0 Å². The van der Waals surface area contributed by atoms with Gasteiger partial charge in [-0.1, -0.05) is 36.4 Å². The monoisotopic (exact) mass is 292 g/mol. The van der Waals surface area contributed by atoms with Crippen LogP contribution in [0.25, 0.3) is 10.8 Å². The average molecular weight is 292 g/mol. The molecular formula is C15H20N2O2S. The maximum absolute atomic E-state index is 12.5. The van der Waals surface area contributed by atoms with Crippen molar-refractivity contribution in [2.45, 2.75) is 37.2 Å². The van der Waals surface area contributed by atoms with Crippen molar-refractivity contribution in [1.29, 1.82) is 0 Å². The maximum atomic E-state index is 12.5. The molecule has 2 rings (SSSR count). The van der Waals surface area contributed by atoms with Crippen molar-refractivity contribution in [2.75, 3.05) is 0 Å². The molecule has 2 unspecified atom stereocenters. The van der Waals surface area contributed by atoms with Gasteiger partial charge in [0.25, 0.3) is 0 Å². The molecule has 5 heteroatoms. The molecular weight excluding hydrogens is 272 g/mol. The lowest BCUT2D eigenvalue weighted by Gasteiger charge is -2.17. The topological polar surface area (TPSA) is 72.2 Å². The molecule has 0 fully saturated rings. The third-order valence-corrected chi connectivity index (χ3v) is 4.77. The normalized spacial score (nSPS) is 15.2. The fraction of sp³-hybridized carbons (Fsp3) is 0.333. The number of hydrogen-bond donors (Lipinski definition) is 2. The van der Waals surface area contributed by atoms with Crippen LogP contribution in [-0.4, -0.2) is 20.5 Å². The van der Waals surface area contributed by atoms with Gasteiger partial charge >= 0.3 is 0 Å². The van der Waals surface area contributed by atoms with Gasteiger partial charge in [-0.25, -0.2) is 13.1 Å². The first kappa shape index (κ1) is 15.0. The van der Waals surface area contributed by atoms with E-state index in [9.17, 15) is 8.42 Å². The number of rotatable bonds is 5. The van der Waals surface area contributed by atoms with Gasteiger partial charge in [-0.15, -0.1) is 0 Å². The lowest BCUT2D eigenvalue weighted by molar-refractivity contribution is 0.520. The van der Waals surface area contributed by atoms with Gasteiger partial charge in [-0.05, 0) is 31.7 Å². The predicted molar refractivity (Wildman–Crippen MR) is 82.0 cm³/mol. The van der Waals surface area contributed by atoms with E-state index in [4.69, 9.17) is 5.73 Å². The summed E-state index contributed by atoms with van der Waals surface area (Å²) >= 11 is 0. The zero-order chi connectivity index (χ0) is 14.8. The summed E-state index contributed by atoms with van der Waals surface area (Å²) in [5, 5.41) is 1.64. The molecule has 0 aliphatic carbocycles. The Morgan fingerprint density at radius 2 is 1.75 bits per heavy atom. The van der Waals surface area contributed by atoms with Crippen molar-refractivity contribution in [3.63, 3.8) is 0 Å². The molecule has 0 bridgehead atoms. The van der Waals surface area contributed by atoms with Crippen molar-refractivity contribution in [3.8, 4) is 0 Å². The van der Waals surface area contributed by atoms with Crippen molar-refractivity contribution in [3.05, 3.63) is 42.5 Å². The van der Waals surface area contributed by atoms with Crippen LogP contribution in [0.1, 0.15) is 20.3 Å². The van der Waals surface area contributed by atoms with Gasteiger partial charge in [0.05, 0.1) is 4.90 Å². The Labute approximate surface area is 120 Å². The molecule has 0 saturated heterocycles. The van der Waals surface area contributed by atoms with E-state index in [1.165, 1.54) is 0 Å². The van der Waals surface area contributed by atoms with Crippen LogP contribution in [0.15, 0.2) is 47.4 Å². The van der Waals surface area contributed by atoms with Crippen LogP contribution in [0.2, 0.25) is 0 Å². The molecule has 0 aromatic heterocycles. The van der Waals surface area contributed by atoms with Crippen molar-refractivity contribution in [1.82, 2.24) is 4.72 Å². The van der Waals surface area contributed by atoms with Crippen LogP contribution < -0.4 is 10.5 Å². The lowest BCUT2D eigenvalue weighted by Crippen LogP contribution is -2.36. The minimum Gasteiger partial charge on any atom is -0.328 e. The van der Waals surface area contributed by atoms with Gasteiger partial charge in [0, 0.05) is 17.5 Å². The quantitative estimate of drug-likeness (QED) is 0.887. The molecule has 0 saturated carbocycles. The van der Waals surface area contributed by atoms with E-state index < -0.39 is 10.0 Å². The molecule has 4 nitrogen and oxygen atoms in total. The van der Waals surface area contributed by atoms with Crippen LogP contribution in [0.4, 0.5) is 0 Å². The Bertz CT molecular complexity index is 691. The standard InChI is InChI=1S/C15H20N2O2S/c1-11(16)10-12(2)17-20(18,19)15-9-5-7-13-6-3-4-8-14(13)15/h3-9,11-12,17H,10,16H2,1-2H3. The number of hydrogen-bond acceptors (Lipinski definition) is 3. The van der Waals surface area contributed by atoms with E-state index in [0.29, 0.717) is 11.3 Å². The van der Waals surface area contributed by atoms with Crippen LogP contribution in [-0.2, 0) is 10.0 Å². The summed E-state index contributed by atoms with van der Waals surface area (Å²) in [6, 6.07) is 12.5. The van der Waals surface area contributed by atoms with E-state index in [0.717, 1.165) is 10.8 Å². The summed E-state index contributed by atoms with van der Waals surface area (Å²) < 4.78 is 27.7. The van der Waals surface area contributed by atoms with Crippen LogP contribution in [0.5, 0.6) is 0 Å². The summed E-state index contributed by atoms with van der Waals surface area (Å²) in [5.41, 5.74) is 5.71. The van der Waals surface area contributed by atoms with E-state index in [-0.39, 0.29) is 12.1 Å². The molecule has 0 heterocycles. The molecule has 0 spiro atoms. The molecule has 108 valence electrons. The largest absolute Gasteiger partial charge is 0.328 e. The van der Waals surface area contributed by atoms with Gasteiger partial charge in [-0.2, -0.15) is 0 Å². The number of nitrogens with one attached hydrogen (secondary N) is 1. The first-order valence-electron chi connectivity index (χ1n) is 6.66. The zero-order valence-electron chi connectivity index (χ0n) is 11.7. The Hall–Kier alpha value is -1.43. The average Bonchev–Trinajstić information content (AvgIpc) is 2.36. The summed E-state index contributed by atoms with van der Waals surface area (Å²) in [4.78, 5) is 0.312. The fourth-order valence-corrected chi connectivity index (χ4v) is 3.85. The van der Waals surface area contributed by atoms with Crippen LogP contribution >= 0.6 is 0 Å². The van der Waals surface area contributed by atoms with Gasteiger partial charge in [-0.3, -0.25) is 0 Å². The lowest BCUT2D eigenvalue weighted by atomic mass is 10.1. The molecule has 0 radical (unpaired) electrons. The summed E-state index contributed by atoms with van der Waals surface area (Å²) in [6.45, 7) is 3.69. The van der Waals surface area contributed by atoms with Crippen LogP contribution in [0, 0.1) is 0 Å². The van der Waals surface area contributed by atoms with Gasteiger partial charge in [0.15, 0.2) is 0 Å². The number of fused-ring (bicyclic) bond motifs is 1. The number of sulfonamides is 1. The number of nitrogens with two attached hydrogens (primary N) is 1. The Morgan fingerprint density at radius 3 is 2.45 bits per heavy atom. The van der Waals surface area contributed by atoms with Crippen molar-refractivity contribution >= 4 is 20.8 Å². The molecule has 0 aliphatic rings. The predicted octanol–water partition coefficient (Wildman–Crippen LogP) is 2.24. The van der Waals surface area contributed by atoms with Crippen molar-refractivity contribution < 1.29 is 8.42 Å². The molecule has 0 aliphatic heterocycles. The van der Waals surface area contributed by atoms with Crippen LogP contribution in [0.3, 0.4) is 0 Å². The SMILES string of the molecule is CC(N)CC(C)NS(=O)(=O)c1cccc2ccccc12. The zero-order valence-corrected chi connectivity index (χ0v) is 12.5. The van der Waals surface area contributed by atoms with E-state index in [1.807, 2.05) is 44.2 Å². The Morgan fingerprint density at radius 1 is 1.10 bits per heavy atom. The summed E-state index contributed by atoms with van der Waals surface area (Å²) in [6.07, 6.45) is 0.601. The molecule has 20 heavy (non-hydrogen) atoms. The highest BCUT2D eigenvalue weighted by Crippen LogP contribution is 2.22. The summed E-state index contributed by atoms with van der Waals surface area (Å²) in [7, 11) is -3.54. The second-order valence-electron chi connectivity index (χ2n) is 5.21. The number of benzene rings is 2. The van der Waals surface area contributed by atoms with Gasteiger partial charge in [0.2, 0.25) is 10.0 Å². The van der Waals surface area contributed by atoms with E-state index in [1.54, 1.807) is 12.1 Å². The first-order valence-corrected chi connectivity index (χ1v) is 8.14.